The maximum Gasteiger partial charge on any atom is 0.264 e. The molecule has 0 aliphatic carbocycles. The molecule has 2 amide bonds. The molecule has 4 aromatic carbocycles. The second-order valence-electron chi connectivity index (χ2n) is 11.1. The average Bonchev–Trinajstić information content (AvgIpc) is 3.03. The zero-order chi connectivity index (χ0) is 31.7. The summed E-state index contributed by atoms with van der Waals surface area (Å²) in [7, 11) is -4.13. The van der Waals surface area contributed by atoms with Gasteiger partial charge in [-0.05, 0) is 62.1 Å². The van der Waals surface area contributed by atoms with Crippen molar-refractivity contribution in [3.8, 4) is 0 Å². The Morgan fingerprint density at radius 3 is 1.93 bits per heavy atom. The monoisotopic (exact) mass is 611 g/mol. The molecule has 44 heavy (non-hydrogen) atoms. The van der Waals surface area contributed by atoms with Gasteiger partial charge in [-0.25, -0.2) is 8.42 Å². The normalized spacial score (nSPS) is 12.6. The Kier molecular flexibility index (Phi) is 11.0. The molecule has 8 heteroatoms. The van der Waals surface area contributed by atoms with E-state index in [0.717, 1.165) is 28.7 Å². The molecule has 7 nitrogen and oxygen atoms in total. The first-order valence-corrected chi connectivity index (χ1v) is 16.4. The van der Waals surface area contributed by atoms with Crippen molar-refractivity contribution in [3.05, 3.63) is 131 Å². The number of benzene rings is 4. The topological polar surface area (TPSA) is 86.8 Å². The lowest BCUT2D eigenvalue weighted by Gasteiger charge is -2.34. The molecule has 0 radical (unpaired) electrons. The van der Waals surface area contributed by atoms with Gasteiger partial charge in [0.05, 0.1) is 10.6 Å². The maximum atomic E-state index is 14.5. The highest BCUT2D eigenvalue weighted by molar-refractivity contribution is 7.92. The van der Waals surface area contributed by atoms with Crippen LogP contribution < -0.4 is 9.62 Å². The zero-order valence-electron chi connectivity index (χ0n) is 25.8. The highest BCUT2D eigenvalue weighted by Gasteiger charge is 2.35. The number of sulfonamides is 1. The van der Waals surface area contributed by atoms with Crippen molar-refractivity contribution in [2.75, 3.05) is 10.8 Å². The molecule has 4 rings (SSSR count). The van der Waals surface area contributed by atoms with Crippen LogP contribution in [0.5, 0.6) is 0 Å². The van der Waals surface area contributed by atoms with E-state index >= 15 is 0 Å². The van der Waals surface area contributed by atoms with E-state index in [2.05, 4.69) is 5.32 Å². The van der Waals surface area contributed by atoms with Crippen molar-refractivity contribution >= 4 is 27.5 Å². The molecule has 2 atom stereocenters. The molecule has 0 heterocycles. The summed E-state index contributed by atoms with van der Waals surface area (Å²) in [4.78, 5) is 30.0. The summed E-state index contributed by atoms with van der Waals surface area (Å²) in [6.45, 7) is 7.34. The highest BCUT2D eigenvalue weighted by Crippen LogP contribution is 2.28. The van der Waals surface area contributed by atoms with E-state index in [4.69, 9.17) is 0 Å². The third kappa shape index (κ3) is 8.14. The van der Waals surface area contributed by atoms with E-state index in [1.807, 2.05) is 100 Å². The quantitative estimate of drug-likeness (QED) is 0.199. The highest BCUT2D eigenvalue weighted by atomic mass is 32.2. The number of nitrogens with zero attached hydrogens (tertiary/aromatic N) is 2. The predicted molar refractivity (Wildman–Crippen MR) is 176 cm³/mol. The first-order valence-electron chi connectivity index (χ1n) is 14.9. The Balaban J connectivity index is 1.81. The standard InChI is InChI=1S/C36H41N3O4S/c1-5-29(4)37-36(41)34(24-30-15-9-6-10-16-30)38(25-31-17-11-7-12-18-31)35(40)26-39(33-22-21-27(2)23-28(33)3)44(42,43)32-19-13-8-14-20-32/h6-23,29,34H,5,24-26H2,1-4H3,(H,37,41)/t29-,34-/m1/s1. The molecule has 0 fully saturated rings. The van der Waals surface area contributed by atoms with E-state index in [9.17, 15) is 18.0 Å². The summed E-state index contributed by atoms with van der Waals surface area (Å²) in [6, 6.07) is 31.6. The Labute approximate surface area is 261 Å². The molecule has 1 N–H and O–H groups in total. The van der Waals surface area contributed by atoms with Crippen molar-refractivity contribution in [1.82, 2.24) is 10.2 Å². The molecule has 0 unspecified atom stereocenters. The van der Waals surface area contributed by atoms with E-state index < -0.39 is 28.5 Å². The third-order valence-electron chi connectivity index (χ3n) is 7.70. The Bertz CT molecular complexity index is 1650. The number of rotatable bonds is 13. The molecule has 0 saturated carbocycles. The van der Waals surface area contributed by atoms with Gasteiger partial charge in [-0.3, -0.25) is 13.9 Å². The molecule has 0 aromatic heterocycles. The number of hydrogen-bond donors (Lipinski definition) is 1. The van der Waals surface area contributed by atoms with Crippen molar-refractivity contribution in [2.45, 2.75) is 64.1 Å². The predicted octanol–water partition coefficient (Wildman–Crippen LogP) is 6.05. The number of hydrogen-bond acceptors (Lipinski definition) is 4. The molecule has 0 bridgehead atoms. The largest absolute Gasteiger partial charge is 0.352 e. The van der Waals surface area contributed by atoms with Gasteiger partial charge in [-0.15, -0.1) is 0 Å². The fourth-order valence-electron chi connectivity index (χ4n) is 5.09. The van der Waals surface area contributed by atoms with Gasteiger partial charge in [0.15, 0.2) is 0 Å². The lowest BCUT2D eigenvalue weighted by molar-refractivity contribution is -0.140. The Morgan fingerprint density at radius 1 is 0.795 bits per heavy atom. The summed E-state index contributed by atoms with van der Waals surface area (Å²) in [5.41, 5.74) is 3.84. The van der Waals surface area contributed by atoms with Gasteiger partial charge in [0.1, 0.15) is 12.6 Å². The summed E-state index contributed by atoms with van der Waals surface area (Å²) in [5.74, 6) is -0.759. The number of aryl methyl sites for hydroxylation is 2. The smallest absolute Gasteiger partial charge is 0.264 e. The Morgan fingerprint density at radius 2 is 1.36 bits per heavy atom. The van der Waals surface area contributed by atoms with Crippen molar-refractivity contribution in [1.29, 1.82) is 0 Å². The first kappa shape index (κ1) is 32.5. The number of nitrogens with one attached hydrogen (secondary N) is 1. The fourth-order valence-corrected chi connectivity index (χ4v) is 6.59. The summed E-state index contributed by atoms with van der Waals surface area (Å²) >= 11 is 0. The van der Waals surface area contributed by atoms with Gasteiger partial charge in [0.2, 0.25) is 11.8 Å². The molecular formula is C36H41N3O4S. The average molecular weight is 612 g/mol. The number of amides is 2. The second kappa shape index (κ2) is 14.8. The van der Waals surface area contributed by atoms with Crippen LogP contribution in [0.15, 0.2) is 114 Å². The molecule has 4 aromatic rings. The number of anilines is 1. The molecule has 230 valence electrons. The van der Waals surface area contributed by atoms with E-state index in [1.165, 1.54) is 21.3 Å². The fraction of sp³-hybridized carbons (Fsp3) is 0.278. The van der Waals surface area contributed by atoms with Crippen LogP contribution in [0.25, 0.3) is 0 Å². The SMILES string of the molecule is CC[C@@H](C)NC(=O)[C@@H](Cc1ccccc1)N(Cc1ccccc1)C(=O)CN(c1ccc(C)cc1C)S(=O)(=O)c1ccccc1. The minimum absolute atomic E-state index is 0.0812. The second-order valence-corrected chi connectivity index (χ2v) is 13.0. The van der Waals surface area contributed by atoms with Crippen molar-refractivity contribution in [3.63, 3.8) is 0 Å². The van der Waals surface area contributed by atoms with Crippen LogP contribution in [0.3, 0.4) is 0 Å². The van der Waals surface area contributed by atoms with Crippen LogP contribution >= 0.6 is 0 Å². The number of carbonyl (C=O) groups excluding carboxylic acids is 2. The van der Waals surface area contributed by atoms with Crippen LogP contribution in [-0.4, -0.2) is 43.8 Å². The van der Waals surface area contributed by atoms with E-state index in [1.54, 1.807) is 24.3 Å². The van der Waals surface area contributed by atoms with Gasteiger partial charge in [-0.1, -0.05) is 103 Å². The van der Waals surface area contributed by atoms with Crippen LogP contribution in [0.4, 0.5) is 5.69 Å². The van der Waals surface area contributed by atoms with Crippen LogP contribution in [0, 0.1) is 13.8 Å². The first-order chi connectivity index (χ1) is 21.1. The Hall–Kier alpha value is -4.43. The molecular weight excluding hydrogens is 570 g/mol. The lowest BCUT2D eigenvalue weighted by atomic mass is 10.0. The lowest BCUT2D eigenvalue weighted by Crippen LogP contribution is -2.54. The number of carbonyl (C=O) groups is 2. The maximum absolute atomic E-state index is 14.5. The minimum atomic E-state index is -4.13. The molecule has 0 saturated heterocycles. The van der Waals surface area contributed by atoms with Crippen LogP contribution in [0.1, 0.15) is 42.5 Å². The van der Waals surface area contributed by atoms with Gasteiger partial charge in [0, 0.05) is 19.0 Å². The van der Waals surface area contributed by atoms with Crippen LogP contribution in [-0.2, 0) is 32.6 Å². The molecule has 0 aliphatic rings. The van der Waals surface area contributed by atoms with Gasteiger partial charge in [-0.2, -0.15) is 0 Å². The van der Waals surface area contributed by atoms with E-state index in [-0.39, 0.29) is 29.8 Å². The molecule has 0 aliphatic heterocycles. The summed E-state index contributed by atoms with van der Waals surface area (Å²) in [5, 5.41) is 3.06. The van der Waals surface area contributed by atoms with Crippen molar-refractivity contribution in [2.24, 2.45) is 0 Å². The summed E-state index contributed by atoms with van der Waals surface area (Å²) in [6.07, 6.45) is 1.00. The van der Waals surface area contributed by atoms with E-state index in [0.29, 0.717) is 5.69 Å². The summed E-state index contributed by atoms with van der Waals surface area (Å²) < 4.78 is 29.5. The third-order valence-corrected chi connectivity index (χ3v) is 9.47. The van der Waals surface area contributed by atoms with Gasteiger partial charge in [0.25, 0.3) is 10.0 Å². The van der Waals surface area contributed by atoms with Gasteiger partial charge < -0.3 is 10.2 Å². The molecule has 0 spiro atoms. The van der Waals surface area contributed by atoms with Gasteiger partial charge >= 0.3 is 0 Å². The minimum Gasteiger partial charge on any atom is -0.352 e. The zero-order valence-corrected chi connectivity index (χ0v) is 26.6. The van der Waals surface area contributed by atoms with Crippen molar-refractivity contribution < 1.29 is 18.0 Å². The van der Waals surface area contributed by atoms with Crippen LogP contribution in [0.2, 0.25) is 0 Å².